The number of hydrogen-bond donors (Lipinski definition) is 1. The highest BCUT2D eigenvalue weighted by Crippen LogP contribution is 2.48. The molecule has 0 aromatic heterocycles. The van der Waals surface area contributed by atoms with E-state index in [0.717, 1.165) is 42.8 Å². The molecular weight excluding hydrogens is 430 g/mol. The van der Waals surface area contributed by atoms with Crippen molar-refractivity contribution in [3.63, 3.8) is 0 Å². The topological polar surface area (TPSA) is 64.6 Å². The number of esters is 1. The first-order chi connectivity index (χ1) is 15.0. The van der Waals surface area contributed by atoms with E-state index in [1.807, 2.05) is 44.2 Å². The molecule has 1 amide bonds. The summed E-state index contributed by atoms with van der Waals surface area (Å²) in [6.45, 7) is 3.97. The highest BCUT2D eigenvalue weighted by molar-refractivity contribution is 8.20. The second kappa shape index (κ2) is 12.0. The molecule has 0 spiro atoms. The Bertz CT molecular complexity index is 701. The molecule has 7 heteroatoms. The van der Waals surface area contributed by atoms with Crippen molar-refractivity contribution in [2.75, 3.05) is 11.5 Å². The van der Waals surface area contributed by atoms with Gasteiger partial charge < -0.3 is 14.8 Å². The zero-order valence-electron chi connectivity index (χ0n) is 18.6. The van der Waals surface area contributed by atoms with Crippen molar-refractivity contribution in [3.8, 4) is 0 Å². The molecule has 1 N–H and O–H groups in total. The molecular formula is C24H35NO4S2. The molecule has 2 aliphatic rings. The Hall–Kier alpha value is -1.34. The average molecular weight is 466 g/mol. The number of carbonyl (C=O) groups excluding carboxylic acids is 2. The van der Waals surface area contributed by atoms with Crippen molar-refractivity contribution in [1.29, 1.82) is 0 Å². The van der Waals surface area contributed by atoms with Crippen LogP contribution in [0.3, 0.4) is 0 Å². The van der Waals surface area contributed by atoms with E-state index in [-0.39, 0.29) is 24.7 Å². The molecule has 1 aromatic carbocycles. The monoisotopic (exact) mass is 465 g/mol. The number of thioether (sulfide) groups is 2. The summed E-state index contributed by atoms with van der Waals surface area (Å²) in [5, 5.41) is 3.10. The van der Waals surface area contributed by atoms with Gasteiger partial charge in [0.25, 0.3) is 0 Å². The molecule has 1 saturated carbocycles. The molecule has 1 saturated heterocycles. The third-order valence-electron chi connectivity index (χ3n) is 5.81. The first-order valence-corrected chi connectivity index (χ1v) is 13.4. The van der Waals surface area contributed by atoms with Crippen molar-refractivity contribution < 1.29 is 19.1 Å². The summed E-state index contributed by atoms with van der Waals surface area (Å²) >= 11 is 3.26. The Labute approximate surface area is 194 Å². The van der Waals surface area contributed by atoms with E-state index in [2.05, 4.69) is 5.32 Å². The summed E-state index contributed by atoms with van der Waals surface area (Å²) < 4.78 is 10.4. The minimum atomic E-state index is -0.814. The first-order valence-electron chi connectivity index (χ1n) is 11.5. The molecule has 31 heavy (non-hydrogen) atoms. The van der Waals surface area contributed by atoms with Crippen LogP contribution < -0.4 is 5.32 Å². The van der Waals surface area contributed by atoms with Crippen molar-refractivity contribution in [2.24, 2.45) is 5.92 Å². The quantitative estimate of drug-likeness (QED) is 0.492. The minimum Gasteiger partial charge on any atom is -0.461 e. The lowest BCUT2D eigenvalue weighted by atomic mass is 9.84. The largest absolute Gasteiger partial charge is 0.461 e. The molecule has 1 unspecified atom stereocenters. The van der Waals surface area contributed by atoms with Crippen LogP contribution in [0.25, 0.3) is 0 Å². The van der Waals surface area contributed by atoms with Crippen molar-refractivity contribution in [3.05, 3.63) is 35.9 Å². The fraction of sp³-hybridized carbons (Fsp3) is 0.667. The van der Waals surface area contributed by atoms with Gasteiger partial charge in [-0.3, -0.25) is 0 Å². The van der Waals surface area contributed by atoms with Gasteiger partial charge in [0.15, 0.2) is 4.08 Å². The molecule has 1 aliphatic heterocycles. The standard InChI is InChI=1S/C24H35NO4S2/c1-18(2)29-22(26)24(30-14-9-15-31-24)21(16-19-10-5-3-6-11-19)25-23(27)28-17-20-12-7-4-8-13-20/h4,7-8,12-13,18-19,21H,3,5-6,9-11,14-17H2,1-2H3,(H,25,27). The van der Waals surface area contributed by atoms with Gasteiger partial charge in [-0.05, 0) is 49.7 Å². The van der Waals surface area contributed by atoms with Crippen LogP contribution in [0.4, 0.5) is 4.79 Å². The summed E-state index contributed by atoms with van der Waals surface area (Å²) in [6, 6.07) is 9.33. The molecule has 3 rings (SSSR count). The van der Waals surface area contributed by atoms with E-state index in [0.29, 0.717) is 5.92 Å². The van der Waals surface area contributed by atoms with Gasteiger partial charge in [-0.25, -0.2) is 9.59 Å². The SMILES string of the molecule is CC(C)OC(=O)C1(C(CC2CCCCC2)NC(=O)OCc2ccccc2)SCCCS1. The van der Waals surface area contributed by atoms with Crippen LogP contribution in [0.1, 0.15) is 64.4 Å². The smallest absolute Gasteiger partial charge is 0.407 e. The number of carbonyl (C=O) groups is 2. The molecule has 1 heterocycles. The summed E-state index contributed by atoms with van der Waals surface area (Å²) in [5.41, 5.74) is 0.942. The lowest BCUT2D eigenvalue weighted by Gasteiger charge is -2.42. The van der Waals surface area contributed by atoms with Gasteiger partial charge in [-0.2, -0.15) is 0 Å². The summed E-state index contributed by atoms with van der Waals surface area (Å²) in [7, 11) is 0. The molecule has 1 aromatic rings. The normalized spacial score (nSPS) is 20.1. The van der Waals surface area contributed by atoms with E-state index in [4.69, 9.17) is 9.47 Å². The summed E-state index contributed by atoms with van der Waals surface area (Å²) in [4.78, 5) is 26.1. The number of amides is 1. The zero-order chi connectivity index (χ0) is 22.1. The van der Waals surface area contributed by atoms with Gasteiger partial charge in [-0.15, -0.1) is 23.5 Å². The predicted octanol–water partition coefficient (Wildman–Crippen LogP) is 5.77. The molecule has 5 nitrogen and oxygen atoms in total. The van der Waals surface area contributed by atoms with Gasteiger partial charge in [0.2, 0.25) is 0 Å². The van der Waals surface area contributed by atoms with Crippen LogP contribution in [0.15, 0.2) is 30.3 Å². The van der Waals surface area contributed by atoms with E-state index in [1.54, 1.807) is 23.5 Å². The number of ether oxygens (including phenoxy) is 2. The summed E-state index contributed by atoms with van der Waals surface area (Å²) in [6.07, 6.45) is 7.22. The number of nitrogens with one attached hydrogen (secondary N) is 1. The second-order valence-corrected chi connectivity index (χ2v) is 11.6. The number of alkyl carbamates (subject to hydrolysis) is 1. The van der Waals surface area contributed by atoms with Gasteiger partial charge in [0.05, 0.1) is 12.1 Å². The van der Waals surface area contributed by atoms with Crippen molar-refractivity contribution in [2.45, 2.75) is 81.6 Å². The van der Waals surface area contributed by atoms with Gasteiger partial charge in [0, 0.05) is 0 Å². The Morgan fingerprint density at radius 2 is 1.74 bits per heavy atom. The maximum Gasteiger partial charge on any atom is 0.407 e. The van der Waals surface area contributed by atoms with Gasteiger partial charge in [-0.1, -0.05) is 62.4 Å². The first kappa shape index (κ1) is 24.3. The number of benzene rings is 1. The summed E-state index contributed by atoms with van der Waals surface area (Å²) in [5.74, 6) is 2.07. The van der Waals surface area contributed by atoms with Crippen LogP contribution >= 0.6 is 23.5 Å². The molecule has 2 fully saturated rings. The van der Waals surface area contributed by atoms with Crippen LogP contribution in [-0.2, 0) is 20.9 Å². The van der Waals surface area contributed by atoms with E-state index < -0.39 is 10.2 Å². The Kier molecular flexibility index (Phi) is 9.45. The molecule has 1 atom stereocenters. The van der Waals surface area contributed by atoms with Crippen LogP contribution in [-0.4, -0.2) is 39.8 Å². The Morgan fingerprint density at radius 3 is 2.39 bits per heavy atom. The predicted molar refractivity (Wildman–Crippen MR) is 128 cm³/mol. The lowest BCUT2D eigenvalue weighted by Crippen LogP contribution is -2.56. The Morgan fingerprint density at radius 1 is 1.06 bits per heavy atom. The lowest BCUT2D eigenvalue weighted by molar-refractivity contribution is -0.148. The zero-order valence-corrected chi connectivity index (χ0v) is 20.3. The van der Waals surface area contributed by atoms with Crippen molar-refractivity contribution >= 4 is 35.6 Å². The fourth-order valence-electron chi connectivity index (χ4n) is 4.28. The minimum absolute atomic E-state index is 0.187. The van der Waals surface area contributed by atoms with E-state index in [9.17, 15) is 9.59 Å². The molecule has 0 bridgehead atoms. The third kappa shape index (κ3) is 7.07. The van der Waals surface area contributed by atoms with Crippen molar-refractivity contribution in [1.82, 2.24) is 5.32 Å². The van der Waals surface area contributed by atoms with Crippen LogP contribution in [0, 0.1) is 5.92 Å². The fourth-order valence-corrected chi connectivity index (χ4v) is 7.52. The van der Waals surface area contributed by atoms with E-state index in [1.165, 1.54) is 19.3 Å². The maximum atomic E-state index is 13.3. The highest BCUT2D eigenvalue weighted by Gasteiger charge is 2.51. The molecule has 0 radical (unpaired) electrons. The van der Waals surface area contributed by atoms with Gasteiger partial charge in [0.1, 0.15) is 6.61 Å². The van der Waals surface area contributed by atoms with Crippen LogP contribution in [0.2, 0.25) is 0 Å². The second-order valence-electron chi connectivity index (χ2n) is 8.67. The third-order valence-corrected chi connectivity index (χ3v) is 9.26. The Balaban J connectivity index is 1.75. The van der Waals surface area contributed by atoms with Crippen LogP contribution in [0.5, 0.6) is 0 Å². The number of hydrogen-bond acceptors (Lipinski definition) is 6. The van der Waals surface area contributed by atoms with E-state index >= 15 is 0 Å². The van der Waals surface area contributed by atoms with Gasteiger partial charge >= 0.3 is 12.1 Å². The highest BCUT2D eigenvalue weighted by atomic mass is 32.2. The maximum absolute atomic E-state index is 13.3. The average Bonchev–Trinajstić information content (AvgIpc) is 2.78. The number of rotatable bonds is 8. The molecule has 172 valence electrons. The molecule has 1 aliphatic carbocycles.